The lowest BCUT2D eigenvalue weighted by molar-refractivity contribution is 0.0263. The molecule has 2 aliphatic heterocycles. The Kier molecular flexibility index (Phi) is 4.01. The van der Waals surface area contributed by atoms with Crippen LogP contribution in [0.1, 0.15) is 43.9 Å². The summed E-state index contributed by atoms with van der Waals surface area (Å²) in [5, 5.41) is 19.9. The van der Waals surface area contributed by atoms with Crippen LogP contribution in [0.5, 0.6) is 0 Å². The van der Waals surface area contributed by atoms with Crippen LogP contribution in [0.2, 0.25) is 0 Å². The number of pyridine rings is 1. The van der Waals surface area contributed by atoms with E-state index in [-0.39, 0.29) is 11.9 Å². The van der Waals surface area contributed by atoms with Crippen LogP contribution in [0.15, 0.2) is 18.3 Å². The van der Waals surface area contributed by atoms with Gasteiger partial charge in [0.05, 0.1) is 24.1 Å². The van der Waals surface area contributed by atoms with Crippen LogP contribution in [0.3, 0.4) is 0 Å². The van der Waals surface area contributed by atoms with Crippen molar-refractivity contribution in [1.82, 2.24) is 9.88 Å². The fourth-order valence-electron chi connectivity index (χ4n) is 3.61. The van der Waals surface area contributed by atoms with Crippen molar-refractivity contribution in [1.29, 1.82) is 0 Å². The van der Waals surface area contributed by atoms with E-state index in [9.17, 15) is 14.6 Å². The average molecular weight is 280 g/mol. The molecule has 2 N–H and O–H groups in total. The summed E-state index contributed by atoms with van der Waals surface area (Å²) in [5.41, 5.74) is 0.524. The molecular weight excluding hydrogens is 259 g/mol. The van der Waals surface area contributed by atoms with Crippen LogP contribution in [-0.2, 0) is 0 Å². The fourth-order valence-corrected chi connectivity index (χ4v) is 3.61. The van der Waals surface area contributed by atoms with E-state index in [0.717, 1.165) is 38.4 Å². The van der Waals surface area contributed by atoms with Crippen molar-refractivity contribution in [2.45, 2.75) is 56.4 Å². The molecule has 3 heterocycles. The second-order valence-corrected chi connectivity index (χ2v) is 5.95. The van der Waals surface area contributed by atoms with Gasteiger partial charge in [-0.3, -0.25) is 9.88 Å². The minimum atomic E-state index is -0.651. The number of piperidine rings is 1. The number of halogens is 1. The number of hydrogen-bond acceptors (Lipinski definition) is 4. The first-order valence-corrected chi connectivity index (χ1v) is 7.37. The van der Waals surface area contributed by atoms with E-state index in [0.29, 0.717) is 24.2 Å². The monoisotopic (exact) mass is 280 g/mol. The molecule has 20 heavy (non-hydrogen) atoms. The lowest BCUT2D eigenvalue weighted by Crippen LogP contribution is -2.45. The molecule has 2 aliphatic rings. The van der Waals surface area contributed by atoms with Crippen molar-refractivity contribution in [3.05, 3.63) is 29.8 Å². The van der Waals surface area contributed by atoms with Gasteiger partial charge in [-0.2, -0.15) is 0 Å². The second-order valence-electron chi connectivity index (χ2n) is 5.95. The molecule has 0 radical (unpaired) electrons. The summed E-state index contributed by atoms with van der Waals surface area (Å²) in [5.74, 6) is -0.385. The molecule has 1 aromatic heterocycles. The Labute approximate surface area is 118 Å². The van der Waals surface area contributed by atoms with Crippen molar-refractivity contribution >= 4 is 0 Å². The van der Waals surface area contributed by atoms with Crippen molar-refractivity contribution < 1.29 is 14.6 Å². The molecule has 2 fully saturated rings. The zero-order chi connectivity index (χ0) is 14.1. The molecular formula is C15H21FN2O2. The van der Waals surface area contributed by atoms with E-state index in [1.807, 2.05) is 0 Å². The fraction of sp³-hybridized carbons (Fsp3) is 0.667. The number of hydrogen-bond donors (Lipinski definition) is 2. The third kappa shape index (κ3) is 2.85. The van der Waals surface area contributed by atoms with E-state index < -0.39 is 6.10 Å². The molecule has 2 saturated heterocycles. The summed E-state index contributed by atoms with van der Waals surface area (Å²) in [7, 11) is 0. The molecule has 4 nitrogen and oxygen atoms in total. The zero-order valence-electron chi connectivity index (χ0n) is 11.5. The van der Waals surface area contributed by atoms with E-state index in [2.05, 4.69) is 9.88 Å². The molecule has 110 valence electrons. The SMILES string of the molecule is OC1CC2CCC(C1)N2CCC(O)c1ccc(F)cn1. The van der Waals surface area contributed by atoms with E-state index in [1.165, 1.54) is 12.1 Å². The first-order chi connectivity index (χ1) is 9.63. The van der Waals surface area contributed by atoms with Gasteiger partial charge in [0.25, 0.3) is 0 Å². The number of aliphatic hydroxyl groups is 2. The summed E-state index contributed by atoms with van der Waals surface area (Å²) < 4.78 is 12.8. The maximum atomic E-state index is 12.8. The average Bonchev–Trinajstić information content (AvgIpc) is 2.67. The lowest BCUT2D eigenvalue weighted by atomic mass is 9.99. The number of rotatable bonds is 4. The van der Waals surface area contributed by atoms with Gasteiger partial charge in [-0.15, -0.1) is 0 Å². The highest BCUT2D eigenvalue weighted by molar-refractivity contribution is 5.08. The molecule has 0 aliphatic carbocycles. The first kappa shape index (κ1) is 13.9. The third-order valence-electron chi connectivity index (χ3n) is 4.61. The van der Waals surface area contributed by atoms with Gasteiger partial charge in [-0.1, -0.05) is 0 Å². The van der Waals surface area contributed by atoms with Gasteiger partial charge < -0.3 is 10.2 Å². The topological polar surface area (TPSA) is 56.6 Å². The molecule has 5 heteroatoms. The first-order valence-electron chi connectivity index (χ1n) is 7.37. The molecule has 0 spiro atoms. The Morgan fingerprint density at radius 1 is 1.30 bits per heavy atom. The number of fused-ring (bicyclic) bond motifs is 2. The normalized spacial score (nSPS) is 31.4. The van der Waals surface area contributed by atoms with Crippen LogP contribution in [0.25, 0.3) is 0 Å². The van der Waals surface area contributed by atoms with Gasteiger partial charge in [0.1, 0.15) is 5.82 Å². The van der Waals surface area contributed by atoms with Crippen molar-refractivity contribution in [2.24, 2.45) is 0 Å². The smallest absolute Gasteiger partial charge is 0.141 e. The molecule has 3 atom stereocenters. The van der Waals surface area contributed by atoms with Gasteiger partial charge in [-0.05, 0) is 44.2 Å². The van der Waals surface area contributed by atoms with Crippen molar-refractivity contribution in [2.75, 3.05) is 6.54 Å². The predicted octanol–water partition coefficient (Wildman–Crippen LogP) is 1.63. The summed E-state index contributed by atoms with van der Waals surface area (Å²) in [6.45, 7) is 0.808. The summed E-state index contributed by atoms with van der Waals surface area (Å²) in [4.78, 5) is 6.34. The van der Waals surface area contributed by atoms with Gasteiger partial charge in [0.2, 0.25) is 0 Å². The molecule has 0 aromatic carbocycles. The molecule has 1 aromatic rings. The van der Waals surface area contributed by atoms with Crippen LogP contribution in [0, 0.1) is 5.82 Å². The summed E-state index contributed by atoms with van der Waals surface area (Å²) in [6.07, 6.45) is 4.91. The maximum absolute atomic E-state index is 12.8. The highest BCUT2D eigenvalue weighted by atomic mass is 19.1. The molecule has 0 saturated carbocycles. The Bertz CT molecular complexity index is 440. The molecule has 2 bridgehead atoms. The Hall–Kier alpha value is -1.04. The molecule has 3 rings (SSSR count). The number of aliphatic hydroxyl groups excluding tert-OH is 2. The Balaban J connectivity index is 1.56. The van der Waals surface area contributed by atoms with Crippen LogP contribution in [0.4, 0.5) is 4.39 Å². The Morgan fingerprint density at radius 2 is 2.00 bits per heavy atom. The second kappa shape index (κ2) is 5.76. The maximum Gasteiger partial charge on any atom is 0.141 e. The van der Waals surface area contributed by atoms with Crippen LogP contribution in [-0.4, -0.2) is 44.8 Å². The molecule has 0 amide bonds. The predicted molar refractivity (Wildman–Crippen MR) is 72.5 cm³/mol. The largest absolute Gasteiger partial charge is 0.393 e. The van der Waals surface area contributed by atoms with Gasteiger partial charge >= 0.3 is 0 Å². The van der Waals surface area contributed by atoms with Gasteiger partial charge in [0, 0.05) is 18.6 Å². The van der Waals surface area contributed by atoms with Crippen LogP contribution >= 0.6 is 0 Å². The number of aromatic nitrogens is 1. The lowest BCUT2D eigenvalue weighted by Gasteiger charge is -2.37. The van der Waals surface area contributed by atoms with E-state index in [4.69, 9.17) is 0 Å². The summed E-state index contributed by atoms with van der Waals surface area (Å²) in [6, 6.07) is 3.77. The highest BCUT2D eigenvalue weighted by Gasteiger charge is 2.39. The van der Waals surface area contributed by atoms with Crippen molar-refractivity contribution in [3.8, 4) is 0 Å². The Morgan fingerprint density at radius 3 is 2.60 bits per heavy atom. The third-order valence-corrected chi connectivity index (χ3v) is 4.61. The zero-order valence-corrected chi connectivity index (χ0v) is 11.5. The van der Waals surface area contributed by atoms with E-state index >= 15 is 0 Å². The minimum absolute atomic E-state index is 0.160. The van der Waals surface area contributed by atoms with Crippen molar-refractivity contribution in [3.63, 3.8) is 0 Å². The summed E-state index contributed by atoms with van der Waals surface area (Å²) >= 11 is 0. The molecule has 3 unspecified atom stereocenters. The van der Waals surface area contributed by atoms with Crippen LogP contribution < -0.4 is 0 Å². The van der Waals surface area contributed by atoms with E-state index in [1.54, 1.807) is 0 Å². The quantitative estimate of drug-likeness (QED) is 0.880. The minimum Gasteiger partial charge on any atom is -0.393 e. The number of nitrogens with zero attached hydrogens (tertiary/aromatic N) is 2. The van der Waals surface area contributed by atoms with Gasteiger partial charge in [0.15, 0.2) is 0 Å². The standard InChI is InChI=1S/C15H21FN2O2/c16-10-1-4-14(17-9-10)15(20)5-6-18-11-2-3-12(18)8-13(19)7-11/h1,4,9,11-13,15,19-20H,2-3,5-8H2. The van der Waals surface area contributed by atoms with Gasteiger partial charge in [-0.25, -0.2) is 4.39 Å². The highest BCUT2D eigenvalue weighted by Crippen LogP contribution is 2.36.